The highest BCUT2D eigenvalue weighted by Gasteiger charge is 2.49. The predicted molar refractivity (Wildman–Crippen MR) is 101 cm³/mol. The fourth-order valence-electron chi connectivity index (χ4n) is 3.75. The number of hydrogen-bond donors (Lipinski definition) is 1. The summed E-state index contributed by atoms with van der Waals surface area (Å²) in [6.45, 7) is 9.14. The van der Waals surface area contributed by atoms with E-state index in [4.69, 9.17) is 0 Å². The van der Waals surface area contributed by atoms with Crippen LogP contribution in [0.1, 0.15) is 52.0 Å². The minimum absolute atomic E-state index is 0.0124. The molecule has 26 heavy (non-hydrogen) atoms. The molecule has 1 unspecified atom stereocenters. The maximum atomic E-state index is 13.0. The summed E-state index contributed by atoms with van der Waals surface area (Å²) in [4.78, 5) is 38.8. The van der Waals surface area contributed by atoms with Crippen molar-refractivity contribution in [1.29, 1.82) is 0 Å². The van der Waals surface area contributed by atoms with Gasteiger partial charge in [0.2, 0.25) is 0 Å². The van der Waals surface area contributed by atoms with Crippen LogP contribution in [0.15, 0.2) is 22.9 Å². The van der Waals surface area contributed by atoms with Gasteiger partial charge in [0.1, 0.15) is 5.54 Å². The van der Waals surface area contributed by atoms with Crippen molar-refractivity contribution in [3.05, 3.63) is 56.3 Å². The second kappa shape index (κ2) is 6.36. The van der Waals surface area contributed by atoms with Crippen molar-refractivity contribution in [3.8, 4) is 0 Å². The Morgan fingerprint density at radius 3 is 2.50 bits per heavy atom. The van der Waals surface area contributed by atoms with Gasteiger partial charge in [0, 0.05) is 5.56 Å². The van der Waals surface area contributed by atoms with Crippen LogP contribution in [0.25, 0.3) is 0 Å². The minimum Gasteiger partial charge on any atom is -0.319 e. The molecule has 0 saturated carbocycles. The standard InChI is InChI=1S/C20H22N2O3S/c1-11-8-12(2)17(14(4)23)13(3)16(11)9-22-18(24)20(5,21-19(22)25)15-6-7-26-10-15/h6-8,10H,9H2,1-5H3,(H,21,25). The Bertz CT molecular complexity index is 918. The molecule has 1 aromatic heterocycles. The molecular weight excluding hydrogens is 348 g/mol. The van der Waals surface area contributed by atoms with E-state index in [0.717, 1.165) is 27.8 Å². The molecule has 1 N–H and O–H groups in total. The second-order valence-electron chi connectivity index (χ2n) is 7.00. The van der Waals surface area contributed by atoms with Gasteiger partial charge in [-0.25, -0.2) is 4.79 Å². The predicted octanol–water partition coefficient (Wildman–Crippen LogP) is 3.84. The lowest BCUT2D eigenvalue weighted by Gasteiger charge is -2.22. The first-order valence-corrected chi connectivity index (χ1v) is 9.38. The van der Waals surface area contributed by atoms with Crippen LogP contribution in [0.2, 0.25) is 0 Å². The fraction of sp³-hybridized carbons (Fsp3) is 0.350. The Hall–Kier alpha value is -2.47. The second-order valence-corrected chi connectivity index (χ2v) is 7.78. The van der Waals surface area contributed by atoms with Crippen LogP contribution in [-0.4, -0.2) is 22.6 Å². The highest BCUT2D eigenvalue weighted by molar-refractivity contribution is 7.08. The van der Waals surface area contributed by atoms with E-state index >= 15 is 0 Å². The number of urea groups is 1. The number of imide groups is 1. The van der Waals surface area contributed by atoms with Gasteiger partial charge in [-0.1, -0.05) is 6.07 Å². The first kappa shape index (κ1) is 18.3. The minimum atomic E-state index is -1.05. The first-order valence-electron chi connectivity index (χ1n) is 8.44. The van der Waals surface area contributed by atoms with Gasteiger partial charge < -0.3 is 5.32 Å². The molecule has 0 aliphatic carbocycles. The molecule has 3 rings (SSSR count). The summed E-state index contributed by atoms with van der Waals surface area (Å²) in [5.74, 6) is -0.286. The van der Waals surface area contributed by atoms with Crippen LogP contribution >= 0.6 is 11.3 Å². The number of nitrogens with zero attached hydrogens (tertiary/aromatic N) is 1. The van der Waals surface area contributed by atoms with E-state index in [0.29, 0.717) is 5.56 Å². The number of nitrogens with one attached hydrogen (secondary N) is 1. The Kier molecular flexibility index (Phi) is 4.48. The molecule has 0 spiro atoms. The van der Waals surface area contributed by atoms with Gasteiger partial charge in [-0.05, 0) is 79.3 Å². The molecule has 1 fully saturated rings. The molecule has 1 aliphatic heterocycles. The van der Waals surface area contributed by atoms with Crippen molar-refractivity contribution >= 4 is 29.1 Å². The van der Waals surface area contributed by atoms with E-state index in [-0.39, 0.29) is 18.2 Å². The normalized spacial score (nSPS) is 19.8. The number of aryl methyl sites for hydroxylation is 2. The lowest BCUT2D eigenvalue weighted by molar-refractivity contribution is -0.131. The van der Waals surface area contributed by atoms with E-state index in [9.17, 15) is 14.4 Å². The number of amides is 3. The largest absolute Gasteiger partial charge is 0.325 e. The number of Topliss-reactive ketones (excluding diaryl/α,β-unsaturated/α-hetero) is 1. The molecular formula is C20H22N2O3S. The molecule has 1 aliphatic rings. The van der Waals surface area contributed by atoms with Crippen molar-refractivity contribution in [1.82, 2.24) is 10.2 Å². The topological polar surface area (TPSA) is 66.5 Å². The van der Waals surface area contributed by atoms with Crippen LogP contribution in [-0.2, 0) is 16.9 Å². The van der Waals surface area contributed by atoms with Gasteiger partial charge in [-0.15, -0.1) is 0 Å². The van der Waals surface area contributed by atoms with Gasteiger partial charge in [0.15, 0.2) is 5.78 Å². The maximum Gasteiger partial charge on any atom is 0.325 e. The zero-order chi connectivity index (χ0) is 19.2. The Labute approximate surface area is 157 Å². The number of ketones is 1. The first-order chi connectivity index (χ1) is 12.2. The third kappa shape index (κ3) is 2.74. The number of carbonyl (C=O) groups is 3. The molecule has 2 aromatic rings. The average Bonchev–Trinajstić information content (AvgIpc) is 3.14. The van der Waals surface area contributed by atoms with Gasteiger partial charge in [0.05, 0.1) is 6.54 Å². The van der Waals surface area contributed by atoms with Crippen LogP contribution in [0.5, 0.6) is 0 Å². The summed E-state index contributed by atoms with van der Waals surface area (Å²) in [6.07, 6.45) is 0. The molecule has 1 aromatic carbocycles. The lowest BCUT2D eigenvalue weighted by atomic mass is 9.91. The Morgan fingerprint density at radius 1 is 1.23 bits per heavy atom. The SMILES string of the molecule is CC(=O)c1c(C)cc(C)c(CN2C(=O)NC(C)(c3ccsc3)C2=O)c1C. The molecule has 3 amide bonds. The number of rotatable bonds is 4. The maximum absolute atomic E-state index is 13.0. The summed E-state index contributed by atoms with van der Waals surface area (Å²) in [5.41, 5.74) is 3.96. The Balaban J connectivity index is 2.00. The van der Waals surface area contributed by atoms with Crippen molar-refractivity contribution in [2.24, 2.45) is 0 Å². The molecule has 6 heteroatoms. The van der Waals surface area contributed by atoms with Crippen LogP contribution in [0, 0.1) is 20.8 Å². The van der Waals surface area contributed by atoms with Crippen LogP contribution < -0.4 is 5.32 Å². The van der Waals surface area contributed by atoms with Crippen LogP contribution in [0.4, 0.5) is 4.79 Å². The monoisotopic (exact) mass is 370 g/mol. The van der Waals surface area contributed by atoms with E-state index in [2.05, 4.69) is 5.32 Å². The summed E-state index contributed by atoms with van der Waals surface area (Å²) in [6, 6.07) is 3.38. The summed E-state index contributed by atoms with van der Waals surface area (Å²) in [7, 11) is 0. The molecule has 5 nitrogen and oxygen atoms in total. The number of hydrogen-bond acceptors (Lipinski definition) is 4. The van der Waals surface area contributed by atoms with Crippen molar-refractivity contribution < 1.29 is 14.4 Å². The van der Waals surface area contributed by atoms with E-state index in [1.54, 1.807) is 6.92 Å². The molecule has 0 bridgehead atoms. The fourth-order valence-corrected chi connectivity index (χ4v) is 4.52. The van der Waals surface area contributed by atoms with Gasteiger partial charge >= 0.3 is 6.03 Å². The van der Waals surface area contributed by atoms with Gasteiger partial charge in [-0.3, -0.25) is 14.5 Å². The highest BCUT2D eigenvalue weighted by atomic mass is 32.1. The summed E-state index contributed by atoms with van der Waals surface area (Å²) in [5, 5.41) is 6.58. The molecule has 1 saturated heterocycles. The zero-order valence-corrected chi connectivity index (χ0v) is 16.4. The van der Waals surface area contributed by atoms with E-state index in [1.807, 2.05) is 43.7 Å². The lowest BCUT2D eigenvalue weighted by Crippen LogP contribution is -2.40. The van der Waals surface area contributed by atoms with Crippen LogP contribution in [0.3, 0.4) is 0 Å². The number of benzene rings is 1. The van der Waals surface area contributed by atoms with Crippen molar-refractivity contribution in [3.63, 3.8) is 0 Å². The molecule has 136 valence electrons. The third-order valence-corrected chi connectivity index (χ3v) is 5.86. The third-order valence-electron chi connectivity index (χ3n) is 5.17. The molecule has 2 heterocycles. The smallest absolute Gasteiger partial charge is 0.319 e. The average molecular weight is 370 g/mol. The Morgan fingerprint density at radius 2 is 1.92 bits per heavy atom. The van der Waals surface area contributed by atoms with Gasteiger partial charge in [-0.2, -0.15) is 11.3 Å². The molecule has 0 radical (unpaired) electrons. The summed E-state index contributed by atoms with van der Waals surface area (Å²) >= 11 is 1.49. The van der Waals surface area contributed by atoms with E-state index in [1.165, 1.54) is 23.2 Å². The van der Waals surface area contributed by atoms with Crippen molar-refractivity contribution in [2.75, 3.05) is 0 Å². The highest BCUT2D eigenvalue weighted by Crippen LogP contribution is 2.32. The quantitative estimate of drug-likeness (QED) is 0.657. The van der Waals surface area contributed by atoms with Gasteiger partial charge in [0.25, 0.3) is 5.91 Å². The van der Waals surface area contributed by atoms with Crippen molar-refractivity contribution in [2.45, 2.75) is 46.7 Å². The summed E-state index contributed by atoms with van der Waals surface area (Å²) < 4.78 is 0. The number of thiophene rings is 1. The van der Waals surface area contributed by atoms with E-state index < -0.39 is 11.6 Å². The molecule has 1 atom stereocenters. The number of carbonyl (C=O) groups excluding carboxylic acids is 3. The zero-order valence-electron chi connectivity index (χ0n) is 15.6.